The standard InChI is InChI=1S/C19H21ClN2/c20-18-10-4-5-11-19(18)22-15-13-21(14-16-22)12-6-9-17-7-2-1-3-8-17/h1-11H,12-16H2. The van der Waals surface area contributed by atoms with Crippen LogP contribution in [0.15, 0.2) is 60.7 Å². The molecule has 2 aromatic carbocycles. The molecule has 114 valence electrons. The maximum atomic E-state index is 6.28. The number of para-hydroxylation sites is 1. The van der Waals surface area contributed by atoms with Crippen molar-refractivity contribution in [2.24, 2.45) is 0 Å². The Bertz CT molecular complexity index is 616. The van der Waals surface area contributed by atoms with E-state index in [1.165, 1.54) is 5.56 Å². The summed E-state index contributed by atoms with van der Waals surface area (Å²) in [5.74, 6) is 0. The molecule has 0 bridgehead atoms. The molecule has 0 radical (unpaired) electrons. The minimum Gasteiger partial charge on any atom is -0.368 e. The molecular formula is C19H21ClN2. The lowest BCUT2D eigenvalue weighted by atomic mass is 10.2. The fraction of sp³-hybridized carbons (Fsp3) is 0.263. The molecule has 0 aromatic heterocycles. The molecule has 0 aliphatic carbocycles. The van der Waals surface area contributed by atoms with Crippen molar-refractivity contribution in [2.75, 3.05) is 37.6 Å². The van der Waals surface area contributed by atoms with E-state index in [0.29, 0.717) is 0 Å². The van der Waals surface area contributed by atoms with E-state index in [1.807, 2.05) is 18.2 Å². The van der Waals surface area contributed by atoms with Gasteiger partial charge in [0, 0.05) is 32.7 Å². The summed E-state index contributed by atoms with van der Waals surface area (Å²) < 4.78 is 0. The molecule has 1 saturated heterocycles. The minimum atomic E-state index is 0.847. The third kappa shape index (κ3) is 3.90. The lowest BCUT2D eigenvalue weighted by Crippen LogP contribution is -2.46. The highest BCUT2D eigenvalue weighted by atomic mass is 35.5. The van der Waals surface area contributed by atoms with Crippen LogP contribution in [-0.2, 0) is 0 Å². The normalized spacial score (nSPS) is 16.3. The number of benzene rings is 2. The Labute approximate surface area is 137 Å². The van der Waals surface area contributed by atoms with Crippen LogP contribution >= 0.6 is 11.6 Å². The molecular weight excluding hydrogens is 292 g/mol. The Kier molecular flexibility index (Phi) is 5.15. The van der Waals surface area contributed by atoms with Crippen LogP contribution in [0.5, 0.6) is 0 Å². The highest BCUT2D eigenvalue weighted by Crippen LogP contribution is 2.25. The number of piperazine rings is 1. The van der Waals surface area contributed by atoms with Crippen molar-refractivity contribution < 1.29 is 0 Å². The second kappa shape index (κ2) is 7.48. The fourth-order valence-electron chi connectivity index (χ4n) is 2.78. The first-order valence-corrected chi connectivity index (χ1v) is 8.14. The van der Waals surface area contributed by atoms with Crippen molar-refractivity contribution in [3.63, 3.8) is 0 Å². The summed E-state index contributed by atoms with van der Waals surface area (Å²) in [7, 11) is 0. The van der Waals surface area contributed by atoms with Gasteiger partial charge in [-0.25, -0.2) is 0 Å². The van der Waals surface area contributed by atoms with Crippen LogP contribution in [0.1, 0.15) is 5.56 Å². The first kappa shape index (κ1) is 15.1. The number of rotatable bonds is 4. The summed E-state index contributed by atoms with van der Waals surface area (Å²) in [6.45, 7) is 5.21. The number of anilines is 1. The van der Waals surface area contributed by atoms with Crippen LogP contribution in [0, 0.1) is 0 Å². The largest absolute Gasteiger partial charge is 0.368 e. The molecule has 0 saturated carbocycles. The number of halogens is 1. The number of nitrogens with zero attached hydrogens (tertiary/aromatic N) is 2. The molecule has 2 nitrogen and oxygen atoms in total. The van der Waals surface area contributed by atoms with Gasteiger partial charge in [0.05, 0.1) is 10.7 Å². The van der Waals surface area contributed by atoms with Gasteiger partial charge in [-0.05, 0) is 17.7 Å². The van der Waals surface area contributed by atoms with Gasteiger partial charge in [-0.3, -0.25) is 4.90 Å². The second-order valence-corrected chi connectivity index (χ2v) is 5.96. The van der Waals surface area contributed by atoms with Gasteiger partial charge < -0.3 is 4.90 Å². The van der Waals surface area contributed by atoms with Gasteiger partial charge in [-0.2, -0.15) is 0 Å². The highest BCUT2D eigenvalue weighted by molar-refractivity contribution is 6.33. The van der Waals surface area contributed by atoms with E-state index in [1.54, 1.807) is 0 Å². The first-order valence-electron chi connectivity index (χ1n) is 7.76. The van der Waals surface area contributed by atoms with Gasteiger partial charge in [-0.15, -0.1) is 0 Å². The lowest BCUT2D eigenvalue weighted by Gasteiger charge is -2.36. The predicted octanol–water partition coefficient (Wildman–Crippen LogP) is 4.18. The molecule has 1 fully saturated rings. The van der Waals surface area contributed by atoms with Gasteiger partial charge in [0.2, 0.25) is 0 Å². The van der Waals surface area contributed by atoms with Crippen LogP contribution in [0.2, 0.25) is 5.02 Å². The van der Waals surface area contributed by atoms with Crippen molar-refractivity contribution in [1.82, 2.24) is 4.90 Å². The SMILES string of the molecule is Clc1ccccc1N1CCN(CC=Cc2ccccc2)CC1. The zero-order valence-electron chi connectivity index (χ0n) is 12.7. The van der Waals surface area contributed by atoms with Gasteiger partial charge in [-0.1, -0.05) is 66.2 Å². The van der Waals surface area contributed by atoms with E-state index in [-0.39, 0.29) is 0 Å². The Morgan fingerprint density at radius 1 is 0.864 bits per heavy atom. The van der Waals surface area contributed by atoms with Crippen molar-refractivity contribution in [3.8, 4) is 0 Å². The highest BCUT2D eigenvalue weighted by Gasteiger charge is 2.17. The molecule has 1 aliphatic rings. The Morgan fingerprint density at radius 2 is 1.55 bits per heavy atom. The summed E-state index contributed by atoms with van der Waals surface area (Å²) in [6.07, 6.45) is 4.45. The smallest absolute Gasteiger partial charge is 0.0639 e. The van der Waals surface area contributed by atoms with E-state index in [9.17, 15) is 0 Å². The van der Waals surface area contributed by atoms with Gasteiger partial charge in [0.15, 0.2) is 0 Å². The van der Waals surface area contributed by atoms with Gasteiger partial charge >= 0.3 is 0 Å². The summed E-state index contributed by atoms with van der Waals surface area (Å²) in [4.78, 5) is 4.85. The third-order valence-corrected chi connectivity index (χ3v) is 4.36. The molecule has 1 heterocycles. The van der Waals surface area contributed by atoms with Crippen molar-refractivity contribution in [2.45, 2.75) is 0 Å². The van der Waals surface area contributed by atoms with E-state index >= 15 is 0 Å². The van der Waals surface area contributed by atoms with Crippen molar-refractivity contribution >= 4 is 23.4 Å². The molecule has 22 heavy (non-hydrogen) atoms. The van der Waals surface area contributed by atoms with Crippen molar-refractivity contribution in [3.05, 3.63) is 71.3 Å². The van der Waals surface area contributed by atoms with Crippen LogP contribution in [0.3, 0.4) is 0 Å². The predicted molar refractivity (Wildman–Crippen MR) is 95.6 cm³/mol. The zero-order valence-corrected chi connectivity index (χ0v) is 13.4. The molecule has 0 atom stereocenters. The Hall–Kier alpha value is -1.77. The summed E-state index contributed by atoms with van der Waals surface area (Å²) in [5.41, 5.74) is 2.42. The number of hydrogen-bond acceptors (Lipinski definition) is 2. The average Bonchev–Trinajstić information content (AvgIpc) is 2.57. The van der Waals surface area contributed by atoms with Crippen LogP contribution in [0.25, 0.3) is 6.08 Å². The molecule has 3 rings (SSSR count). The van der Waals surface area contributed by atoms with E-state index in [2.05, 4.69) is 58.4 Å². The minimum absolute atomic E-state index is 0.847. The molecule has 0 spiro atoms. The molecule has 2 aromatic rings. The Balaban J connectivity index is 1.50. The topological polar surface area (TPSA) is 6.48 Å². The maximum Gasteiger partial charge on any atom is 0.0639 e. The Morgan fingerprint density at radius 3 is 2.27 bits per heavy atom. The molecule has 1 aliphatic heterocycles. The van der Waals surface area contributed by atoms with E-state index < -0.39 is 0 Å². The number of hydrogen-bond donors (Lipinski definition) is 0. The molecule has 0 unspecified atom stereocenters. The summed E-state index contributed by atoms with van der Waals surface area (Å²) in [6, 6.07) is 18.6. The van der Waals surface area contributed by atoms with E-state index in [0.717, 1.165) is 43.4 Å². The fourth-order valence-corrected chi connectivity index (χ4v) is 3.04. The van der Waals surface area contributed by atoms with Crippen molar-refractivity contribution in [1.29, 1.82) is 0 Å². The van der Waals surface area contributed by atoms with Crippen LogP contribution in [-0.4, -0.2) is 37.6 Å². The zero-order chi connectivity index (χ0) is 15.2. The molecule has 0 amide bonds. The van der Waals surface area contributed by atoms with Gasteiger partial charge in [0.25, 0.3) is 0 Å². The summed E-state index contributed by atoms with van der Waals surface area (Å²) in [5, 5.41) is 0.847. The quantitative estimate of drug-likeness (QED) is 0.836. The maximum absolute atomic E-state index is 6.28. The summed E-state index contributed by atoms with van der Waals surface area (Å²) >= 11 is 6.28. The van der Waals surface area contributed by atoms with E-state index in [4.69, 9.17) is 11.6 Å². The van der Waals surface area contributed by atoms with Gasteiger partial charge in [0.1, 0.15) is 0 Å². The molecule has 0 N–H and O–H groups in total. The van der Waals surface area contributed by atoms with Crippen LogP contribution < -0.4 is 4.90 Å². The molecule has 3 heteroatoms. The van der Waals surface area contributed by atoms with Crippen LogP contribution in [0.4, 0.5) is 5.69 Å². The third-order valence-electron chi connectivity index (χ3n) is 4.04. The average molecular weight is 313 g/mol. The lowest BCUT2D eigenvalue weighted by molar-refractivity contribution is 0.284. The first-order chi connectivity index (χ1) is 10.8. The second-order valence-electron chi connectivity index (χ2n) is 5.55. The monoisotopic (exact) mass is 312 g/mol.